The van der Waals surface area contributed by atoms with Crippen LogP contribution in [0.1, 0.15) is 33.6 Å². The van der Waals surface area contributed by atoms with E-state index in [1.54, 1.807) is 30.0 Å². The molecule has 1 saturated heterocycles. The Hall–Kier alpha value is -2.77. The first kappa shape index (κ1) is 21.5. The molecule has 1 aliphatic rings. The first-order valence-electron chi connectivity index (χ1n) is 9.67. The Morgan fingerprint density at radius 3 is 2.43 bits per heavy atom. The van der Waals surface area contributed by atoms with E-state index in [0.717, 1.165) is 0 Å². The van der Waals surface area contributed by atoms with Crippen molar-refractivity contribution >= 4 is 23.6 Å². The summed E-state index contributed by atoms with van der Waals surface area (Å²) >= 11 is 0. The maximum Gasteiger partial charge on any atom is 0.409 e. The van der Waals surface area contributed by atoms with Gasteiger partial charge in [-0.2, -0.15) is 0 Å². The van der Waals surface area contributed by atoms with E-state index < -0.39 is 0 Å². The SMILES string of the molecule is CCOC(=O)N1CCC(NC(=O)CN(C(C)=O)c2ccccc2OCC)CC1. The number of likely N-dealkylation sites (tertiary alicyclic amines) is 1. The van der Waals surface area contributed by atoms with Crippen LogP contribution >= 0.6 is 0 Å². The molecule has 0 bridgehead atoms. The minimum Gasteiger partial charge on any atom is -0.492 e. The van der Waals surface area contributed by atoms with Crippen molar-refractivity contribution in [1.29, 1.82) is 0 Å². The smallest absolute Gasteiger partial charge is 0.409 e. The number of piperidine rings is 1. The van der Waals surface area contributed by atoms with Crippen LogP contribution in [-0.4, -0.2) is 61.7 Å². The van der Waals surface area contributed by atoms with Crippen molar-refractivity contribution in [3.63, 3.8) is 0 Å². The molecule has 1 aliphatic heterocycles. The van der Waals surface area contributed by atoms with Gasteiger partial charge in [0.15, 0.2) is 0 Å². The van der Waals surface area contributed by atoms with Crippen molar-refractivity contribution in [2.75, 3.05) is 37.7 Å². The molecule has 1 aromatic rings. The van der Waals surface area contributed by atoms with Crippen LogP contribution in [0.25, 0.3) is 0 Å². The molecule has 28 heavy (non-hydrogen) atoms. The van der Waals surface area contributed by atoms with Gasteiger partial charge in [0, 0.05) is 26.1 Å². The summed E-state index contributed by atoms with van der Waals surface area (Å²) < 4.78 is 10.6. The summed E-state index contributed by atoms with van der Waals surface area (Å²) in [7, 11) is 0. The van der Waals surface area contributed by atoms with E-state index in [0.29, 0.717) is 50.6 Å². The summed E-state index contributed by atoms with van der Waals surface area (Å²) in [6.07, 6.45) is 0.989. The highest BCUT2D eigenvalue weighted by Gasteiger charge is 2.26. The van der Waals surface area contributed by atoms with Crippen LogP contribution in [0, 0.1) is 0 Å². The molecular weight excluding hydrogens is 362 g/mol. The van der Waals surface area contributed by atoms with Gasteiger partial charge in [-0.3, -0.25) is 14.5 Å². The molecule has 8 nitrogen and oxygen atoms in total. The van der Waals surface area contributed by atoms with Crippen molar-refractivity contribution < 1.29 is 23.9 Å². The lowest BCUT2D eigenvalue weighted by atomic mass is 10.1. The van der Waals surface area contributed by atoms with Crippen LogP contribution in [0.15, 0.2) is 24.3 Å². The summed E-state index contributed by atoms with van der Waals surface area (Å²) in [6, 6.07) is 7.13. The third-order valence-electron chi connectivity index (χ3n) is 4.52. The predicted octanol–water partition coefficient (Wildman–Crippen LogP) is 2.18. The molecule has 0 atom stereocenters. The fourth-order valence-electron chi connectivity index (χ4n) is 3.16. The monoisotopic (exact) mass is 391 g/mol. The number of carbonyl (C=O) groups is 3. The number of carbonyl (C=O) groups excluding carboxylic acids is 3. The Balaban J connectivity index is 1.94. The minimum absolute atomic E-state index is 0.0332. The highest BCUT2D eigenvalue weighted by molar-refractivity contribution is 5.98. The second-order valence-corrected chi connectivity index (χ2v) is 6.53. The van der Waals surface area contributed by atoms with E-state index in [9.17, 15) is 14.4 Å². The van der Waals surface area contributed by atoms with Gasteiger partial charge in [-0.15, -0.1) is 0 Å². The zero-order valence-corrected chi connectivity index (χ0v) is 16.8. The second-order valence-electron chi connectivity index (χ2n) is 6.53. The Labute approximate surface area is 165 Å². The first-order chi connectivity index (χ1) is 13.5. The molecule has 1 N–H and O–H groups in total. The van der Waals surface area contributed by atoms with Gasteiger partial charge in [0.25, 0.3) is 0 Å². The number of anilines is 1. The van der Waals surface area contributed by atoms with Crippen LogP contribution in [-0.2, 0) is 14.3 Å². The van der Waals surface area contributed by atoms with E-state index in [-0.39, 0.29) is 30.5 Å². The number of nitrogens with one attached hydrogen (secondary N) is 1. The van der Waals surface area contributed by atoms with Crippen LogP contribution < -0.4 is 15.0 Å². The maximum absolute atomic E-state index is 12.5. The standard InChI is InChI=1S/C20H29N3O5/c1-4-27-18-9-7-6-8-17(18)23(15(3)24)14-19(25)21-16-10-12-22(13-11-16)20(26)28-5-2/h6-9,16H,4-5,10-14H2,1-3H3,(H,21,25). The molecule has 8 heteroatoms. The van der Waals surface area contributed by atoms with E-state index >= 15 is 0 Å². The topological polar surface area (TPSA) is 88.2 Å². The second kappa shape index (κ2) is 10.5. The fourth-order valence-corrected chi connectivity index (χ4v) is 3.16. The summed E-state index contributed by atoms with van der Waals surface area (Å²) in [5.41, 5.74) is 0.573. The summed E-state index contributed by atoms with van der Waals surface area (Å²) in [4.78, 5) is 39.5. The van der Waals surface area contributed by atoms with Crippen molar-refractivity contribution in [3.05, 3.63) is 24.3 Å². The van der Waals surface area contributed by atoms with Crippen molar-refractivity contribution in [2.45, 2.75) is 39.7 Å². The Morgan fingerprint density at radius 1 is 1.14 bits per heavy atom. The molecule has 2 rings (SSSR count). The number of hydrogen-bond acceptors (Lipinski definition) is 5. The average Bonchev–Trinajstić information content (AvgIpc) is 2.67. The molecule has 0 unspecified atom stereocenters. The summed E-state index contributed by atoms with van der Waals surface area (Å²) in [5, 5.41) is 2.96. The van der Waals surface area contributed by atoms with Gasteiger partial charge >= 0.3 is 6.09 Å². The number of benzene rings is 1. The van der Waals surface area contributed by atoms with Gasteiger partial charge in [0.2, 0.25) is 11.8 Å². The molecule has 3 amide bonds. The molecule has 0 radical (unpaired) electrons. The molecule has 0 aliphatic carbocycles. The molecule has 1 fully saturated rings. The lowest BCUT2D eigenvalue weighted by Crippen LogP contribution is -2.49. The number of amides is 3. The zero-order chi connectivity index (χ0) is 20.5. The molecule has 0 spiro atoms. The van der Waals surface area contributed by atoms with E-state index in [1.165, 1.54) is 11.8 Å². The maximum atomic E-state index is 12.5. The quantitative estimate of drug-likeness (QED) is 0.770. The molecule has 0 aromatic heterocycles. The van der Waals surface area contributed by atoms with Gasteiger partial charge in [0.1, 0.15) is 12.3 Å². The number of rotatable bonds is 7. The van der Waals surface area contributed by atoms with E-state index in [1.807, 2.05) is 13.0 Å². The molecular formula is C20H29N3O5. The molecule has 1 heterocycles. The fraction of sp³-hybridized carbons (Fsp3) is 0.550. The lowest BCUT2D eigenvalue weighted by molar-refractivity contribution is -0.123. The Morgan fingerprint density at radius 2 is 1.82 bits per heavy atom. The van der Waals surface area contributed by atoms with Gasteiger partial charge in [0.05, 0.1) is 18.9 Å². The van der Waals surface area contributed by atoms with Gasteiger partial charge in [-0.05, 0) is 38.8 Å². The van der Waals surface area contributed by atoms with Gasteiger partial charge in [-0.25, -0.2) is 4.79 Å². The predicted molar refractivity (Wildman–Crippen MR) is 105 cm³/mol. The highest BCUT2D eigenvalue weighted by atomic mass is 16.6. The summed E-state index contributed by atoms with van der Waals surface area (Å²) in [5.74, 6) is 0.0891. The third kappa shape index (κ3) is 5.87. The zero-order valence-electron chi connectivity index (χ0n) is 16.8. The largest absolute Gasteiger partial charge is 0.492 e. The molecule has 154 valence electrons. The van der Waals surface area contributed by atoms with Crippen LogP contribution in [0.5, 0.6) is 5.75 Å². The number of nitrogens with zero attached hydrogens (tertiary/aromatic N) is 2. The minimum atomic E-state index is -0.317. The Kier molecular flexibility index (Phi) is 8.10. The first-order valence-corrected chi connectivity index (χ1v) is 9.67. The Bertz CT molecular complexity index is 686. The number of para-hydroxylation sites is 2. The lowest BCUT2D eigenvalue weighted by Gasteiger charge is -2.32. The van der Waals surface area contributed by atoms with E-state index in [2.05, 4.69) is 5.32 Å². The molecule has 1 aromatic carbocycles. The van der Waals surface area contributed by atoms with Gasteiger partial charge in [-0.1, -0.05) is 12.1 Å². The third-order valence-corrected chi connectivity index (χ3v) is 4.52. The van der Waals surface area contributed by atoms with E-state index in [4.69, 9.17) is 9.47 Å². The number of hydrogen-bond donors (Lipinski definition) is 1. The van der Waals surface area contributed by atoms with Crippen molar-refractivity contribution in [3.8, 4) is 5.75 Å². The van der Waals surface area contributed by atoms with Gasteiger partial charge < -0.3 is 19.7 Å². The van der Waals surface area contributed by atoms with Crippen LogP contribution in [0.2, 0.25) is 0 Å². The van der Waals surface area contributed by atoms with Crippen molar-refractivity contribution in [2.24, 2.45) is 0 Å². The normalized spacial score (nSPS) is 14.3. The highest BCUT2D eigenvalue weighted by Crippen LogP contribution is 2.28. The van der Waals surface area contributed by atoms with Crippen molar-refractivity contribution in [1.82, 2.24) is 10.2 Å². The molecule has 0 saturated carbocycles. The van der Waals surface area contributed by atoms with Crippen LogP contribution in [0.4, 0.5) is 10.5 Å². The number of ether oxygens (including phenoxy) is 2. The summed E-state index contributed by atoms with van der Waals surface area (Å²) in [6.45, 7) is 6.86. The van der Waals surface area contributed by atoms with Crippen LogP contribution in [0.3, 0.4) is 0 Å². The average molecular weight is 391 g/mol.